The Bertz CT molecular complexity index is 4230. The second kappa shape index (κ2) is 17.9. The van der Waals surface area contributed by atoms with Gasteiger partial charge in [-0.2, -0.15) is 0 Å². The first kappa shape index (κ1) is 52.1. The van der Waals surface area contributed by atoms with Crippen LogP contribution >= 0.6 is 0 Å². The minimum Gasteiger partial charge on any atom is -0.455 e. The average Bonchev–Trinajstić information content (AvgIpc) is 1.61. The van der Waals surface area contributed by atoms with Crippen LogP contribution in [0.15, 0.2) is 186 Å². The van der Waals surface area contributed by atoms with E-state index in [1.807, 2.05) is 0 Å². The van der Waals surface area contributed by atoms with Crippen LogP contribution in [0.3, 0.4) is 0 Å². The Labute approximate surface area is 493 Å². The standard InChI is InChI=1S/C78H78BN3O/c1-73(2,3)51-30-34-53(35-31-51)80(54-36-32-52(33-37-54)74(4,5)6)55-38-39-63-66(46-55)81(65-48-62-61(75(7,8)42-43-76(62,9)10)47-59(65)49-22-14-13-15-23-49)67-44-50(56-25-20-26-58-57-24-16-17-29-69(57)83-72(56)58)45-68-70(67)79(63)64-28-21-27-60-71(64)82(68)78(12)41-19-18-40-77(60,78)11/h13-17,20-39,44-48H,18-19,40-43H2,1-12H3. The molecule has 1 fully saturated rings. The molecule has 0 spiro atoms. The van der Waals surface area contributed by atoms with Crippen molar-refractivity contribution >= 4 is 90.5 Å². The normalized spacial score (nSPS) is 20.0. The molecule has 2 atom stereocenters. The van der Waals surface area contributed by atoms with Gasteiger partial charge in [-0.3, -0.25) is 0 Å². The van der Waals surface area contributed by atoms with Crippen molar-refractivity contribution in [3.63, 3.8) is 0 Å². The molecule has 10 aromatic rings. The van der Waals surface area contributed by atoms with Crippen LogP contribution in [0.4, 0.5) is 45.5 Å². The summed E-state index contributed by atoms with van der Waals surface area (Å²) in [6, 6.07) is 70.6. The van der Waals surface area contributed by atoms with Crippen molar-refractivity contribution in [2.75, 3.05) is 14.7 Å². The molecular formula is C78H78BN3O. The summed E-state index contributed by atoms with van der Waals surface area (Å²) in [6.07, 6.45) is 7.00. The van der Waals surface area contributed by atoms with Crippen LogP contribution in [-0.2, 0) is 27.1 Å². The molecule has 1 aromatic heterocycles. The predicted molar refractivity (Wildman–Crippen MR) is 354 cm³/mol. The van der Waals surface area contributed by atoms with Crippen LogP contribution in [0, 0.1) is 0 Å². The fraction of sp³-hybridized carbons (Fsp3) is 0.308. The number of rotatable bonds is 6. The van der Waals surface area contributed by atoms with Crippen molar-refractivity contribution in [1.29, 1.82) is 0 Å². The second-order valence-corrected chi connectivity index (χ2v) is 29.1. The van der Waals surface area contributed by atoms with Gasteiger partial charge in [0.05, 0.1) is 11.2 Å². The lowest BCUT2D eigenvalue weighted by atomic mass is 9.33. The van der Waals surface area contributed by atoms with E-state index < -0.39 is 0 Å². The van der Waals surface area contributed by atoms with Gasteiger partial charge in [0.25, 0.3) is 6.71 Å². The third-order valence-electron chi connectivity index (χ3n) is 21.2. The Kier molecular flexibility index (Phi) is 11.2. The van der Waals surface area contributed by atoms with Crippen LogP contribution < -0.4 is 31.1 Å². The quantitative estimate of drug-likeness (QED) is 0.155. The molecule has 15 rings (SSSR count). The van der Waals surface area contributed by atoms with Crippen LogP contribution in [0.1, 0.15) is 149 Å². The van der Waals surface area contributed by atoms with Gasteiger partial charge in [-0.1, -0.05) is 204 Å². The summed E-state index contributed by atoms with van der Waals surface area (Å²) in [6.45, 7) is 28.9. The van der Waals surface area contributed by atoms with Crippen molar-refractivity contribution in [2.45, 2.75) is 154 Å². The summed E-state index contributed by atoms with van der Waals surface area (Å²) in [5, 5.41) is 2.29. The van der Waals surface area contributed by atoms with E-state index in [1.165, 1.54) is 109 Å². The van der Waals surface area contributed by atoms with Gasteiger partial charge in [-0.15, -0.1) is 0 Å². The predicted octanol–water partition coefficient (Wildman–Crippen LogP) is 19.7. The summed E-state index contributed by atoms with van der Waals surface area (Å²) in [7, 11) is 0. The highest BCUT2D eigenvalue weighted by molar-refractivity contribution is 7.00. The zero-order chi connectivity index (χ0) is 57.3. The second-order valence-electron chi connectivity index (χ2n) is 29.1. The molecule has 0 saturated heterocycles. The van der Waals surface area contributed by atoms with Crippen molar-refractivity contribution in [3.05, 3.63) is 210 Å². The van der Waals surface area contributed by atoms with Crippen molar-refractivity contribution in [2.24, 2.45) is 0 Å². The molecular weight excluding hydrogens is 1010 g/mol. The fourth-order valence-electron chi connectivity index (χ4n) is 16.1. The summed E-state index contributed by atoms with van der Waals surface area (Å²) in [5.41, 5.74) is 27.3. The van der Waals surface area contributed by atoms with Crippen LogP contribution in [-0.4, -0.2) is 12.3 Å². The lowest BCUT2D eigenvalue weighted by molar-refractivity contribution is 0.195. The number of benzene rings is 9. The Morgan fingerprint density at radius 1 is 0.458 bits per heavy atom. The summed E-state index contributed by atoms with van der Waals surface area (Å²) in [4.78, 5) is 8.13. The number of hydrogen-bond acceptors (Lipinski definition) is 4. The molecule has 0 bridgehead atoms. The van der Waals surface area contributed by atoms with Crippen molar-refractivity contribution < 1.29 is 4.42 Å². The zero-order valence-corrected chi connectivity index (χ0v) is 50.9. The minimum atomic E-state index is -0.149. The topological polar surface area (TPSA) is 22.9 Å². The van der Waals surface area contributed by atoms with Gasteiger partial charge < -0.3 is 19.1 Å². The van der Waals surface area contributed by atoms with Gasteiger partial charge in [0.2, 0.25) is 0 Å². The Morgan fingerprint density at radius 3 is 1.75 bits per heavy atom. The number of hydrogen-bond donors (Lipinski definition) is 0. The van der Waals surface area contributed by atoms with E-state index in [2.05, 4.69) is 280 Å². The number of anilines is 8. The monoisotopic (exact) mass is 1080 g/mol. The third kappa shape index (κ3) is 7.64. The Morgan fingerprint density at radius 2 is 1.06 bits per heavy atom. The van der Waals surface area contributed by atoms with Gasteiger partial charge in [0.1, 0.15) is 11.2 Å². The highest BCUT2D eigenvalue weighted by Crippen LogP contribution is 2.63. The molecule has 4 heterocycles. The molecule has 5 aliphatic rings. The van der Waals surface area contributed by atoms with Crippen LogP contribution in [0.2, 0.25) is 0 Å². The van der Waals surface area contributed by atoms with E-state index in [1.54, 1.807) is 0 Å². The molecule has 2 unspecified atom stereocenters. The van der Waals surface area contributed by atoms with Crippen molar-refractivity contribution in [3.8, 4) is 22.3 Å². The maximum atomic E-state index is 7.03. The molecule has 3 aliphatic heterocycles. The molecule has 83 heavy (non-hydrogen) atoms. The lowest BCUT2D eigenvalue weighted by Crippen LogP contribution is -2.64. The van der Waals surface area contributed by atoms with Gasteiger partial charge in [-0.05, 0) is 176 Å². The summed E-state index contributed by atoms with van der Waals surface area (Å²) < 4.78 is 7.03. The van der Waals surface area contributed by atoms with E-state index in [4.69, 9.17) is 4.42 Å². The van der Waals surface area contributed by atoms with Crippen molar-refractivity contribution in [1.82, 2.24) is 0 Å². The lowest BCUT2D eigenvalue weighted by Gasteiger charge is -2.53. The molecule has 0 radical (unpaired) electrons. The largest absolute Gasteiger partial charge is 0.455 e. The molecule has 2 aliphatic carbocycles. The van der Waals surface area contributed by atoms with E-state index in [-0.39, 0.29) is 39.3 Å². The van der Waals surface area contributed by atoms with Crippen LogP contribution in [0.5, 0.6) is 0 Å². The number of furan rings is 1. The first-order chi connectivity index (χ1) is 39.6. The first-order valence-corrected chi connectivity index (χ1v) is 30.9. The zero-order valence-electron chi connectivity index (χ0n) is 50.9. The summed E-state index contributed by atoms with van der Waals surface area (Å²) in [5.74, 6) is 0. The van der Waals surface area contributed by atoms with E-state index in [0.29, 0.717) is 0 Å². The Balaban J connectivity index is 1.08. The number of fused-ring (bicyclic) bond motifs is 11. The molecule has 4 nitrogen and oxygen atoms in total. The van der Waals surface area contributed by atoms with Gasteiger partial charge >= 0.3 is 0 Å². The van der Waals surface area contributed by atoms with Crippen LogP contribution in [0.25, 0.3) is 44.2 Å². The van der Waals surface area contributed by atoms with Gasteiger partial charge in [0, 0.05) is 67.1 Å². The maximum absolute atomic E-state index is 7.03. The first-order valence-electron chi connectivity index (χ1n) is 30.9. The highest BCUT2D eigenvalue weighted by Gasteiger charge is 2.61. The maximum Gasteiger partial charge on any atom is 0.252 e. The Hall–Kier alpha value is -7.76. The molecule has 0 N–H and O–H groups in total. The summed E-state index contributed by atoms with van der Waals surface area (Å²) >= 11 is 0. The van der Waals surface area contributed by atoms with E-state index >= 15 is 0 Å². The average molecular weight is 1080 g/mol. The van der Waals surface area contributed by atoms with E-state index in [9.17, 15) is 0 Å². The molecule has 1 saturated carbocycles. The number of nitrogens with zero attached hydrogens (tertiary/aromatic N) is 3. The third-order valence-corrected chi connectivity index (χ3v) is 21.2. The SMILES string of the molecule is CC(C)(C)c1ccc(N(c2ccc(C(C)(C)C)cc2)c2ccc3c(c2)N(c2cc4c(cc2-c2ccccc2)C(C)(C)CCC4(C)C)c2cc(-c4cccc5c4oc4ccccc45)cc4c2B3c2cccc3c2N4C2(C)CCCCC32C)cc1. The minimum absolute atomic E-state index is 0.000169. The van der Waals surface area contributed by atoms with E-state index in [0.717, 1.165) is 63.8 Å². The smallest absolute Gasteiger partial charge is 0.252 e. The number of para-hydroxylation sites is 3. The fourth-order valence-corrected chi connectivity index (χ4v) is 16.1. The highest BCUT2D eigenvalue weighted by atomic mass is 16.3. The molecule has 9 aromatic carbocycles. The molecule has 414 valence electrons. The molecule has 5 heteroatoms. The molecule has 0 amide bonds. The van der Waals surface area contributed by atoms with Gasteiger partial charge in [-0.25, -0.2) is 0 Å². The van der Waals surface area contributed by atoms with Gasteiger partial charge in [0.15, 0.2) is 0 Å².